The van der Waals surface area contributed by atoms with E-state index in [1.54, 1.807) is 0 Å². The summed E-state index contributed by atoms with van der Waals surface area (Å²) in [6, 6.07) is 0.649. The van der Waals surface area contributed by atoms with Crippen LogP contribution in [-0.2, 0) is 4.74 Å². The summed E-state index contributed by atoms with van der Waals surface area (Å²) in [5.74, 6) is 0. The number of likely N-dealkylation sites (N-methyl/N-ethyl adjacent to an activating group) is 1. The molecule has 1 rings (SSSR count). The molecule has 1 fully saturated rings. The van der Waals surface area contributed by atoms with E-state index in [9.17, 15) is 0 Å². The summed E-state index contributed by atoms with van der Waals surface area (Å²) < 4.78 is 5.51. The van der Waals surface area contributed by atoms with Gasteiger partial charge in [0.2, 0.25) is 0 Å². The third-order valence-corrected chi connectivity index (χ3v) is 2.21. The van der Waals surface area contributed by atoms with Gasteiger partial charge in [0.25, 0.3) is 0 Å². The molecule has 0 aromatic heterocycles. The van der Waals surface area contributed by atoms with Crippen LogP contribution in [0.4, 0.5) is 0 Å². The second kappa shape index (κ2) is 3.35. The Morgan fingerprint density at radius 3 is 2.40 bits per heavy atom. The molecule has 60 valence electrons. The van der Waals surface area contributed by atoms with Crippen molar-refractivity contribution in [1.82, 2.24) is 4.90 Å². The molecule has 2 atom stereocenters. The summed E-state index contributed by atoms with van der Waals surface area (Å²) >= 11 is 0. The zero-order valence-electron chi connectivity index (χ0n) is 7.13. The Morgan fingerprint density at radius 1 is 1.30 bits per heavy atom. The van der Waals surface area contributed by atoms with Crippen molar-refractivity contribution in [3.05, 3.63) is 0 Å². The molecule has 0 bridgehead atoms. The van der Waals surface area contributed by atoms with Crippen LogP contribution in [0, 0.1) is 0 Å². The minimum Gasteiger partial charge on any atom is -0.377 e. The van der Waals surface area contributed by atoms with Crippen LogP contribution in [0.5, 0.6) is 0 Å². The fourth-order valence-corrected chi connectivity index (χ4v) is 1.28. The standard InChI is InChI=1S/C8H17NO/c1-7-4-5-8(6-10-7)9(2)3/h7-8H,4-6H2,1-3H3/t7-,8+/m0/s1. The minimum atomic E-state index is 0.483. The fraction of sp³-hybridized carbons (Fsp3) is 1.00. The first kappa shape index (κ1) is 8.02. The Bertz CT molecular complexity index is 95.4. The minimum absolute atomic E-state index is 0.483. The SMILES string of the molecule is C[C@H]1CC[C@@H](N(C)C)CO1. The molecular formula is C8H17NO. The second-order valence-electron chi connectivity index (χ2n) is 3.34. The van der Waals surface area contributed by atoms with Gasteiger partial charge in [-0.1, -0.05) is 0 Å². The predicted molar refractivity (Wildman–Crippen MR) is 42.1 cm³/mol. The highest BCUT2D eigenvalue weighted by atomic mass is 16.5. The van der Waals surface area contributed by atoms with Gasteiger partial charge >= 0.3 is 0 Å². The van der Waals surface area contributed by atoms with E-state index >= 15 is 0 Å². The highest BCUT2D eigenvalue weighted by Gasteiger charge is 2.19. The lowest BCUT2D eigenvalue weighted by Gasteiger charge is -2.31. The molecule has 0 amide bonds. The Hall–Kier alpha value is -0.0800. The summed E-state index contributed by atoms with van der Waals surface area (Å²) in [7, 11) is 4.23. The topological polar surface area (TPSA) is 12.5 Å². The van der Waals surface area contributed by atoms with Crippen molar-refractivity contribution in [1.29, 1.82) is 0 Å². The molecular weight excluding hydrogens is 126 g/mol. The molecule has 0 saturated carbocycles. The molecule has 1 saturated heterocycles. The van der Waals surface area contributed by atoms with Gasteiger partial charge < -0.3 is 9.64 Å². The number of hydrogen-bond acceptors (Lipinski definition) is 2. The lowest BCUT2D eigenvalue weighted by molar-refractivity contribution is -0.0158. The smallest absolute Gasteiger partial charge is 0.0625 e. The summed E-state index contributed by atoms with van der Waals surface area (Å²) in [4.78, 5) is 2.24. The quantitative estimate of drug-likeness (QED) is 0.545. The average Bonchev–Trinajstić information content (AvgIpc) is 1.88. The van der Waals surface area contributed by atoms with Crippen LogP contribution in [0.3, 0.4) is 0 Å². The molecule has 0 spiro atoms. The zero-order chi connectivity index (χ0) is 7.56. The molecule has 0 unspecified atom stereocenters. The van der Waals surface area contributed by atoms with Gasteiger partial charge in [0, 0.05) is 6.04 Å². The van der Waals surface area contributed by atoms with Crippen LogP contribution in [0.15, 0.2) is 0 Å². The van der Waals surface area contributed by atoms with Gasteiger partial charge in [0.15, 0.2) is 0 Å². The van der Waals surface area contributed by atoms with Gasteiger partial charge in [0.1, 0.15) is 0 Å². The second-order valence-corrected chi connectivity index (χ2v) is 3.34. The Balaban J connectivity index is 2.26. The van der Waals surface area contributed by atoms with Crippen LogP contribution in [0.25, 0.3) is 0 Å². The van der Waals surface area contributed by atoms with Crippen molar-refractivity contribution in [2.75, 3.05) is 20.7 Å². The Labute approximate surface area is 63.2 Å². The van der Waals surface area contributed by atoms with E-state index < -0.39 is 0 Å². The van der Waals surface area contributed by atoms with E-state index in [4.69, 9.17) is 4.74 Å². The van der Waals surface area contributed by atoms with Crippen LogP contribution < -0.4 is 0 Å². The maximum Gasteiger partial charge on any atom is 0.0625 e. The van der Waals surface area contributed by atoms with Crippen LogP contribution >= 0.6 is 0 Å². The number of nitrogens with zero attached hydrogens (tertiary/aromatic N) is 1. The lowest BCUT2D eigenvalue weighted by Crippen LogP contribution is -2.38. The van der Waals surface area contributed by atoms with Crippen molar-refractivity contribution >= 4 is 0 Å². The van der Waals surface area contributed by atoms with Crippen molar-refractivity contribution in [2.45, 2.75) is 31.9 Å². The van der Waals surface area contributed by atoms with Gasteiger partial charge in [-0.25, -0.2) is 0 Å². The van der Waals surface area contributed by atoms with E-state index in [0.29, 0.717) is 12.1 Å². The van der Waals surface area contributed by atoms with Gasteiger partial charge in [-0.15, -0.1) is 0 Å². The van der Waals surface area contributed by atoms with Crippen LogP contribution in [0.2, 0.25) is 0 Å². The fourth-order valence-electron chi connectivity index (χ4n) is 1.28. The van der Waals surface area contributed by atoms with Crippen molar-refractivity contribution < 1.29 is 4.74 Å². The molecule has 2 nitrogen and oxygen atoms in total. The summed E-state index contributed by atoms with van der Waals surface area (Å²) in [5, 5.41) is 0. The summed E-state index contributed by atoms with van der Waals surface area (Å²) in [5.41, 5.74) is 0. The van der Waals surface area contributed by atoms with E-state index in [1.165, 1.54) is 12.8 Å². The molecule has 2 heteroatoms. The van der Waals surface area contributed by atoms with Crippen molar-refractivity contribution in [3.8, 4) is 0 Å². The van der Waals surface area contributed by atoms with Gasteiger partial charge in [0.05, 0.1) is 12.7 Å². The highest BCUT2D eigenvalue weighted by Crippen LogP contribution is 2.15. The lowest BCUT2D eigenvalue weighted by atomic mass is 10.1. The Kier molecular flexibility index (Phi) is 2.69. The Morgan fingerprint density at radius 2 is 2.00 bits per heavy atom. The first-order chi connectivity index (χ1) is 4.70. The molecule has 0 aliphatic carbocycles. The predicted octanol–water partition coefficient (Wildman–Crippen LogP) is 1.12. The third-order valence-electron chi connectivity index (χ3n) is 2.21. The van der Waals surface area contributed by atoms with Gasteiger partial charge in [-0.3, -0.25) is 0 Å². The van der Waals surface area contributed by atoms with E-state index in [-0.39, 0.29) is 0 Å². The highest BCUT2D eigenvalue weighted by molar-refractivity contribution is 4.72. The van der Waals surface area contributed by atoms with Crippen molar-refractivity contribution in [3.63, 3.8) is 0 Å². The first-order valence-electron chi connectivity index (χ1n) is 3.98. The van der Waals surface area contributed by atoms with Gasteiger partial charge in [-0.2, -0.15) is 0 Å². The van der Waals surface area contributed by atoms with E-state index in [0.717, 1.165) is 6.61 Å². The molecule has 1 heterocycles. The molecule has 0 aromatic rings. The monoisotopic (exact) mass is 143 g/mol. The van der Waals surface area contributed by atoms with Gasteiger partial charge in [-0.05, 0) is 33.9 Å². The van der Waals surface area contributed by atoms with E-state index in [1.807, 2.05) is 0 Å². The molecule has 0 aromatic carbocycles. The maximum absolute atomic E-state index is 5.51. The maximum atomic E-state index is 5.51. The largest absolute Gasteiger partial charge is 0.377 e. The zero-order valence-corrected chi connectivity index (χ0v) is 7.13. The summed E-state index contributed by atoms with van der Waals surface area (Å²) in [6.45, 7) is 3.06. The number of rotatable bonds is 1. The van der Waals surface area contributed by atoms with E-state index in [2.05, 4.69) is 25.9 Å². The molecule has 1 aliphatic heterocycles. The third kappa shape index (κ3) is 1.96. The molecule has 0 radical (unpaired) electrons. The average molecular weight is 143 g/mol. The normalized spacial score (nSPS) is 34.8. The number of hydrogen-bond donors (Lipinski definition) is 0. The number of ether oxygens (including phenoxy) is 1. The van der Waals surface area contributed by atoms with Crippen LogP contribution in [0.1, 0.15) is 19.8 Å². The first-order valence-corrected chi connectivity index (χ1v) is 3.98. The molecule has 0 N–H and O–H groups in total. The molecule has 1 aliphatic rings. The summed E-state index contributed by atoms with van der Waals surface area (Å²) in [6.07, 6.45) is 2.98. The molecule has 10 heavy (non-hydrogen) atoms. The van der Waals surface area contributed by atoms with Crippen LogP contribution in [-0.4, -0.2) is 37.7 Å². The van der Waals surface area contributed by atoms with Crippen molar-refractivity contribution in [2.24, 2.45) is 0 Å².